The van der Waals surface area contributed by atoms with E-state index in [-0.39, 0.29) is 11.1 Å². The Morgan fingerprint density at radius 3 is 2.93 bits per heavy atom. The molecular formula is C18H19ClFN7. The fourth-order valence-electron chi connectivity index (χ4n) is 3.14. The highest BCUT2D eigenvalue weighted by atomic mass is 35.5. The maximum absolute atomic E-state index is 13.4. The minimum atomic E-state index is -0.475. The van der Waals surface area contributed by atoms with Gasteiger partial charge in [0, 0.05) is 24.8 Å². The van der Waals surface area contributed by atoms with Crippen LogP contribution in [0, 0.1) is 11.7 Å². The SMILES string of the molecule is C[C@@H]1CN(c2ncc3ncnc(Nc4ccc(F)c(Cl)c4)c3n2)CC[C@H]1N. The van der Waals surface area contributed by atoms with Crippen LogP contribution in [0.1, 0.15) is 13.3 Å². The number of hydrogen-bond acceptors (Lipinski definition) is 7. The van der Waals surface area contributed by atoms with E-state index in [1.54, 1.807) is 12.3 Å². The van der Waals surface area contributed by atoms with Crippen LogP contribution in [-0.2, 0) is 0 Å². The third-order valence-electron chi connectivity index (χ3n) is 4.80. The molecule has 9 heteroatoms. The number of aromatic nitrogens is 4. The average molecular weight is 388 g/mol. The number of hydrogen-bond donors (Lipinski definition) is 2. The molecule has 3 aromatic rings. The van der Waals surface area contributed by atoms with Crippen molar-refractivity contribution >= 4 is 40.1 Å². The van der Waals surface area contributed by atoms with Gasteiger partial charge in [0.1, 0.15) is 23.2 Å². The molecule has 0 radical (unpaired) electrons. The van der Waals surface area contributed by atoms with Gasteiger partial charge in [-0.3, -0.25) is 0 Å². The van der Waals surface area contributed by atoms with Gasteiger partial charge in [0.15, 0.2) is 5.82 Å². The fourth-order valence-corrected chi connectivity index (χ4v) is 3.33. The Bertz CT molecular complexity index is 983. The smallest absolute Gasteiger partial charge is 0.226 e. The monoisotopic (exact) mass is 387 g/mol. The van der Waals surface area contributed by atoms with E-state index < -0.39 is 5.82 Å². The molecule has 0 amide bonds. The van der Waals surface area contributed by atoms with Crippen molar-refractivity contribution in [2.24, 2.45) is 11.7 Å². The average Bonchev–Trinajstić information content (AvgIpc) is 2.67. The van der Waals surface area contributed by atoms with E-state index in [1.165, 1.54) is 18.5 Å². The second-order valence-electron chi connectivity index (χ2n) is 6.76. The van der Waals surface area contributed by atoms with E-state index in [0.29, 0.717) is 34.4 Å². The molecule has 1 fully saturated rings. The number of nitrogens with two attached hydrogens (primary N) is 1. The van der Waals surface area contributed by atoms with Crippen LogP contribution < -0.4 is 16.0 Å². The van der Waals surface area contributed by atoms with Crippen molar-refractivity contribution in [2.45, 2.75) is 19.4 Å². The summed E-state index contributed by atoms with van der Waals surface area (Å²) in [5.74, 6) is 1.02. The van der Waals surface area contributed by atoms with Crippen LogP contribution in [0.2, 0.25) is 5.02 Å². The summed E-state index contributed by atoms with van der Waals surface area (Å²) in [6, 6.07) is 4.59. The summed E-state index contributed by atoms with van der Waals surface area (Å²) in [4.78, 5) is 19.8. The molecule has 1 aromatic carbocycles. The van der Waals surface area contributed by atoms with Gasteiger partial charge in [0.2, 0.25) is 5.95 Å². The van der Waals surface area contributed by atoms with E-state index in [2.05, 4.69) is 37.1 Å². The van der Waals surface area contributed by atoms with Crippen molar-refractivity contribution in [1.82, 2.24) is 19.9 Å². The summed E-state index contributed by atoms with van der Waals surface area (Å²) in [5.41, 5.74) is 7.92. The topological polar surface area (TPSA) is 92.9 Å². The normalized spacial score (nSPS) is 20.1. The van der Waals surface area contributed by atoms with Gasteiger partial charge in [-0.25, -0.2) is 24.3 Å². The van der Waals surface area contributed by atoms with E-state index in [4.69, 9.17) is 17.3 Å². The maximum atomic E-state index is 13.4. The second-order valence-corrected chi connectivity index (χ2v) is 7.16. The van der Waals surface area contributed by atoms with Gasteiger partial charge < -0.3 is 16.0 Å². The quantitative estimate of drug-likeness (QED) is 0.713. The van der Waals surface area contributed by atoms with Crippen LogP contribution in [0.4, 0.5) is 21.8 Å². The Balaban J connectivity index is 1.68. The van der Waals surface area contributed by atoms with Gasteiger partial charge in [0.25, 0.3) is 0 Å². The molecule has 0 saturated carbocycles. The summed E-state index contributed by atoms with van der Waals surface area (Å²) in [6.07, 6.45) is 4.01. The predicted molar refractivity (Wildman–Crippen MR) is 104 cm³/mol. The van der Waals surface area contributed by atoms with Crippen molar-refractivity contribution in [1.29, 1.82) is 0 Å². The highest BCUT2D eigenvalue weighted by Crippen LogP contribution is 2.26. The molecule has 3 heterocycles. The first kappa shape index (κ1) is 17.8. The van der Waals surface area contributed by atoms with Crippen LogP contribution in [0.3, 0.4) is 0 Å². The third kappa shape index (κ3) is 3.63. The lowest BCUT2D eigenvalue weighted by Crippen LogP contribution is -2.46. The molecule has 1 aliphatic heterocycles. The molecule has 7 nitrogen and oxygen atoms in total. The summed E-state index contributed by atoms with van der Waals surface area (Å²) in [7, 11) is 0. The molecule has 1 aliphatic rings. The van der Waals surface area contributed by atoms with Gasteiger partial charge in [-0.05, 0) is 30.5 Å². The molecule has 2 atom stereocenters. The number of nitrogens with zero attached hydrogens (tertiary/aromatic N) is 5. The van der Waals surface area contributed by atoms with Crippen LogP contribution in [0.25, 0.3) is 11.0 Å². The molecule has 4 rings (SSSR count). The highest BCUT2D eigenvalue weighted by Gasteiger charge is 2.25. The summed E-state index contributed by atoms with van der Waals surface area (Å²) in [5, 5.41) is 3.16. The van der Waals surface area contributed by atoms with Crippen LogP contribution in [0.15, 0.2) is 30.7 Å². The summed E-state index contributed by atoms with van der Waals surface area (Å²) >= 11 is 5.86. The number of halogens is 2. The zero-order valence-electron chi connectivity index (χ0n) is 14.7. The van der Waals surface area contributed by atoms with Crippen molar-refractivity contribution < 1.29 is 4.39 Å². The molecule has 1 saturated heterocycles. The van der Waals surface area contributed by atoms with Crippen molar-refractivity contribution in [3.63, 3.8) is 0 Å². The number of nitrogens with one attached hydrogen (secondary N) is 1. The molecule has 2 aromatic heterocycles. The molecule has 27 heavy (non-hydrogen) atoms. The first-order chi connectivity index (χ1) is 13.0. The largest absolute Gasteiger partial charge is 0.340 e. The van der Waals surface area contributed by atoms with Crippen LogP contribution >= 0.6 is 11.6 Å². The Morgan fingerprint density at radius 1 is 1.30 bits per heavy atom. The number of fused-ring (bicyclic) bond motifs is 1. The Kier molecular flexibility index (Phi) is 4.75. The van der Waals surface area contributed by atoms with Gasteiger partial charge in [-0.1, -0.05) is 18.5 Å². The first-order valence-electron chi connectivity index (χ1n) is 8.71. The lowest BCUT2D eigenvalue weighted by molar-refractivity contribution is 0.380. The molecule has 0 bridgehead atoms. The van der Waals surface area contributed by atoms with Crippen LogP contribution in [-0.4, -0.2) is 39.1 Å². The van der Waals surface area contributed by atoms with Crippen molar-refractivity contribution in [2.75, 3.05) is 23.3 Å². The molecule has 0 unspecified atom stereocenters. The Morgan fingerprint density at radius 2 is 2.15 bits per heavy atom. The lowest BCUT2D eigenvalue weighted by atomic mass is 9.95. The highest BCUT2D eigenvalue weighted by molar-refractivity contribution is 6.31. The second kappa shape index (κ2) is 7.21. The number of piperidine rings is 1. The predicted octanol–water partition coefficient (Wildman–Crippen LogP) is 3.13. The maximum Gasteiger partial charge on any atom is 0.226 e. The summed E-state index contributed by atoms with van der Waals surface area (Å²) < 4.78 is 13.4. The van der Waals surface area contributed by atoms with Crippen molar-refractivity contribution in [3.8, 4) is 0 Å². The number of benzene rings is 1. The third-order valence-corrected chi connectivity index (χ3v) is 5.09. The standard InChI is InChI=1S/C18H19ClFN7/c1-10-8-27(5-4-14(10)21)18-22-7-15-16(26-18)17(24-9-23-15)25-11-2-3-13(20)12(19)6-11/h2-3,6-7,9-10,14H,4-5,8,21H2,1H3,(H,23,24,25)/t10-,14-/m1/s1. The van der Waals surface area contributed by atoms with Crippen molar-refractivity contribution in [3.05, 3.63) is 41.6 Å². The fraction of sp³-hybridized carbons (Fsp3) is 0.333. The van der Waals surface area contributed by atoms with Gasteiger partial charge in [-0.15, -0.1) is 0 Å². The van der Waals surface area contributed by atoms with Crippen LogP contribution in [0.5, 0.6) is 0 Å². The lowest BCUT2D eigenvalue weighted by Gasteiger charge is -2.35. The molecule has 3 N–H and O–H groups in total. The minimum Gasteiger partial charge on any atom is -0.340 e. The van der Waals surface area contributed by atoms with E-state index in [0.717, 1.165) is 19.5 Å². The minimum absolute atomic E-state index is 0.0346. The van der Waals surface area contributed by atoms with E-state index >= 15 is 0 Å². The zero-order chi connectivity index (χ0) is 19.0. The van der Waals surface area contributed by atoms with E-state index in [1.807, 2.05) is 0 Å². The molecule has 140 valence electrons. The Labute approximate surface area is 160 Å². The number of rotatable bonds is 3. The van der Waals surface area contributed by atoms with Gasteiger partial charge in [0.05, 0.1) is 11.2 Å². The van der Waals surface area contributed by atoms with Gasteiger partial charge >= 0.3 is 0 Å². The Hall–Kier alpha value is -2.58. The number of anilines is 3. The molecule has 0 spiro atoms. The van der Waals surface area contributed by atoms with E-state index in [9.17, 15) is 4.39 Å². The molecule has 0 aliphatic carbocycles. The first-order valence-corrected chi connectivity index (χ1v) is 9.09. The van der Waals surface area contributed by atoms with Gasteiger partial charge in [-0.2, -0.15) is 0 Å². The molecular weight excluding hydrogens is 369 g/mol. The zero-order valence-corrected chi connectivity index (χ0v) is 15.5. The summed E-state index contributed by atoms with van der Waals surface area (Å²) in [6.45, 7) is 3.74.